The van der Waals surface area contributed by atoms with E-state index in [0.29, 0.717) is 36.7 Å². The Morgan fingerprint density at radius 1 is 1.23 bits per heavy atom. The fourth-order valence-electron chi connectivity index (χ4n) is 3.90. The van der Waals surface area contributed by atoms with E-state index in [0.717, 1.165) is 18.4 Å². The number of amides is 2. The van der Waals surface area contributed by atoms with Gasteiger partial charge in [-0.15, -0.1) is 0 Å². The lowest BCUT2D eigenvalue weighted by atomic mass is 9.89. The smallest absolute Gasteiger partial charge is 0.259 e. The van der Waals surface area contributed by atoms with E-state index in [1.54, 1.807) is 14.1 Å². The molecule has 2 amide bonds. The lowest BCUT2D eigenvalue weighted by Crippen LogP contribution is -2.39. The molecule has 2 bridgehead atoms. The van der Waals surface area contributed by atoms with Crippen molar-refractivity contribution in [2.75, 3.05) is 20.7 Å². The summed E-state index contributed by atoms with van der Waals surface area (Å²) < 4.78 is 5.52. The standard InChI is InChI=1S/C20H29N3O3/c1-23(2)20(25)13-26-18-5-3-4-14(10-18)12-21-19(24)11-15-8-16-6-7-17(9-15)22-16/h3-5,10,15-17,22H,6-9,11-13H2,1-2H3,(H,21,24). The van der Waals surface area contributed by atoms with Crippen molar-refractivity contribution in [3.05, 3.63) is 29.8 Å². The Bertz CT molecular complexity index is 635. The predicted molar refractivity (Wildman–Crippen MR) is 99.8 cm³/mol. The minimum absolute atomic E-state index is 0.0147. The minimum atomic E-state index is -0.0837. The summed E-state index contributed by atoms with van der Waals surface area (Å²) in [5.41, 5.74) is 0.971. The molecular formula is C20H29N3O3. The monoisotopic (exact) mass is 359 g/mol. The van der Waals surface area contributed by atoms with Gasteiger partial charge in [0.05, 0.1) is 0 Å². The maximum atomic E-state index is 12.3. The van der Waals surface area contributed by atoms with Gasteiger partial charge in [-0.05, 0) is 49.3 Å². The highest BCUT2D eigenvalue weighted by Gasteiger charge is 2.34. The number of hydrogen-bond donors (Lipinski definition) is 2. The Balaban J connectivity index is 1.43. The number of likely N-dealkylation sites (N-methyl/N-ethyl adjacent to an activating group) is 1. The summed E-state index contributed by atoms with van der Waals surface area (Å²) in [5, 5.41) is 6.63. The summed E-state index contributed by atoms with van der Waals surface area (Å²) in [5.74, 6) is 1.17. The fourth-order valence-corrected chi connectivity index (χ4v) is 3.90. The Labute approximate surface area is 155 Å². The number of piperidine rings is 1. The number of rotatable bonds is 7. The zero-order chi connectivity index (χ0) is 18.5. The molecule has 142 valence electrons. The molecule has 2 aliphatic rings. The van der Waals surface area contributed by atoms with Crippen LogP contribution in [0, 0.1) is 5.92 Å². The lowest BCUT2D eigenvalue weighted by Gasteiger charge is -2.28. The molecule has 2 N–H and O–H groups in total. The third kappa shape index (κ3) is 5.21. The van der Waals surface area contributed by atoms with Crippen molar-refractivity contribution in [2.45, 2.75) is 50.7 Å². The quantitative estimate of drug-likeness (QED) is 0.777. The minimum Gasteiger partial charge on any atom is -0.484 e. The summed E-state index contributed by atoms with van der Waals surface area (Å²) in [6.07, 6.45) is 5.36. The van der Waals surface area contributed by atoms with Crippen LogP contribution in [-0.2, 0) is 16.1 Å². The molecule has 1 aromatic carbocycles. The Kier molecular flexibility index (Phi) is 6.14. The van der Waals surface area contributed by atoms with Crippen LogP contribution in [0.15, 0.2) is 24.3 Å². The van der Waals surface area contributed by atoms with Crippen LogP contribution in [-0.4, -0.2) is 49.5 Å². The number of hydrogen-bond acceptors (Lipinski definition) is 4. The molecule has 0 saturated carbocycles. The molecule has 3 rings (SSSR count). The summed E-state index contributed by atoms with van der Waals surface area (Å²) in [6.45, 7) is 0.496. The molecule has 1 aromatic rings. The van der Waals surface area contributed by atoms with Gasteiger partial charge in [0.2, 0.25) is 5.91 Å². The van der Waals surface area contributed by atoms with Crippen molar-refractivity contribution in [3.63, 3.8) is 0 Å². The Hall–Kier alpha value is -2.08. The van der Waals surface area contributed by atoms with Gasteiger partial charge in [0, 0.05) is 39.1 Å². The molecule has 0 spiro atoms. The van der Waals surface area contributed by atoms with Gasteiger partial charge >= 0.3 is 0 Å². The third-order valence-electron chi connectivity index (χ3n) is 5.29. The van der Waals surface area contributed by atoms with Gasteiger partial charge in [0.25, 0.3) is 5.91 Å². The predicted octanol–water partition coefficient (Wildman–Crippen LogP) is 1.69. The van der Waals surface area contributed by atoms with Crippen molar-refractivity contribution in [1.82, 2.24) is 15.5 Å². The Morgan fingerprint density at radius 2 is 1.96 bits per heavy atom. The van der Waals surface area contributed by atoms with Crippen LogP contribution in [0.1, 0.15) is 37.7 Å². The average molecular weight is 359 g/mol. The number of ether oxygens (including phenoxy) is 1. The van der Waals surface area contributed by atoms with Gasteiger partial charge in [-0.1, -0.05) is 12.1 Å². The van der Waals surface area contributed by atoms with Gasteiger partial charge in [0.1, 0.15) is 5.75 Å². The molecule has 26 heavy (non-hydrogen) atoms. The van der Waals surface area contributed by atoms with Gasteiger partial charge < -0.3 is 20.3 Å². The average Bonchev–Trinajstić information content (AvgIpc) is 2.96. The van der Waals surface area contributed by atoms with Crippen LogP contribution in [0.25, 0.3) is 0 Å². The number of carbonyl (C=O) groups is 2. The summed E-state index contributed by atoms with van der Waals surface area (Å²) in [6, 6.07) is 8.75. The van der Waals surface area contributed by atoms with Crippen LogP contribution < -0.4 is 15.4 Å². The van der Waals surface area contributed by atoms with E-state index >= 15 is 0 Å². The van der Waals surface area contributed by atoms with Gasteiger partial charge in [-0.25, -0.2) is 0 Å². The van der Waals surface area contributed by atoms with Crippen LogP contribution in [0.3, 0.4) is 0 Å². The highest BCUT2D eigenvalue weighted by Crippen LogP contribution is 2.32. The number of nitrogens with one attached hydrogen (secondary N) is 2. The molecule has 2 heterocycles. The van der Waals surface area contributed by atoms with E-state index < -0.39 is 0 Å². The van der Waals surface area contributed by atoms with Crippen LogP contribution in [0.4, 0.5) is 0 Å². The van der Waals surface area contributed by atoms with Crippen LogP contribution >= 0.6 is 0 Å². The Morgan fingerprint density at radius 3 is 2.65 bits per heavy atom. The van der Waals surface area contributed by atoms with Crippen molar-refractivity contribution >= 4 is 11.8 Å². The highest BCUT2D eigenvalue weighted by molar-refractivity contribution is 5.77. The molecule has 2 fully saturated rings. The fraction of sp³-hybridized carbons (Fsp3) is 0.600. The topological polar surface area (TPSA) is 70.7 Å². The van der Waals surface area contributed by atoms with Crippen molar-refractivity contribution in [2.24, 2.45) is 5.92 Å². The van der Waals surface area contributed by atoms with Gasteiger partial charge in [0.15, 0.2) is 6.61 Å². The second-order valence-electron chi connectivity index (χ2n) is 7.68. The third-order valence-corrected chi connectivity index (χ3v) is 5.29. The van der Waals surface area contributed by atoms with Crippen LogP contribution in [0.5, 0.6) is 5.75 Å². The zero-order valence-electron chi connectivity index (χ0n) is 15.7. The number of nitrogens with zero attached hydrogens (tertiary/aromatic N) is 1. The molecule has 2 atom stereocenters. The van der Waals surface area contributed by atoms with E-state index in [1.807, 2.05) is 24.3 Å². The molecular weight excluding hydrogens is 330 g/mol. The van der Waals surface area contributed by atoms with E-state index in [2.05, 4.69) is 10.6 Å². The van der Waals surface area contributed by atoms with Crippen LogP contribution in [0.2, 0.25) is 0 Å². The molecule has 0 aliphatic carbocycles. The SMILES string of the molecule is CN(C)C(=O)COc1cccc(CNC(=O)CC2CC3CCC(C2)N3)c1. The van der Waals surface area contributed by atoms with E-state index in [1.165, 1.54) is 17.7 Å². The number of benzene rings is 1. The largest absolute Gasteiger partial charge is 0.484 e. The van der Waals surface area contributed by atoms with E-state index in [9.17, 15) is 9.59 Å². The molecule has 2 unspecified atom stereocenters. The van der Waals surface area contributed by atoms with E-state index in [-0.39, 0.29) is 18.4 Å². The van der Waals surface area contributed by atoms with Crippen molar-refractivity contribution in [1.29, 1.82) is 0 Å². The molecule has 0 aromatic heterocycles. The normalized spacial score (nSPS) is 24.2. The first-order chi connectivity index (χ1) is 12.5. The van der Waals surface area contributed by atoms with Crippen molar-refractivity contribution < 1.29 is 14.3 Å². The summed E-state index contributed by atoms with van der Waals surface area (Å²) in [4.78, 5) is 25.4. The van der Waals surface area contributed by atoms with E-state index in [4.69, 9.17) is 4.74 Å². The number of fused-ring (bicyclic) bond motifs is 2. The second-order valence-corrected chi connectivity index (χ2v) is 7.68. The van der Waals surface area contributed by atoms with Crippen molar-refractivity contribution in [3.8, 4) is 5.75 Å². The first-order valence-electron chi connectivity index (χ1n) is 9.44. The number of carbonyl (C=O) groups excluding carboxylic acids is 2. The highest BCUT2D eigenvalue weighted by atomic mass is 16.5. The second kappa shape index (κ2) is 8.54. The maximum Gasteiger partial charge on any atom is 0.259 e. The maximum absolute atomic E-state index is 12.3. The molecule has 0 radical (unpaired) electrons. The first kappa shape index (κ1) is 18.7. The lowest BCUT2D eigenvalue weighted by molar-refractivity contribution is -0.130. The summed E-state index contributed by atoms with van der Waals surface area (Å²) >= 11 is 0. The summed E-state index contributed by atoms with van der Waals surface area (Å²) in [7, 11) is 3.40. The zero-order valence-corrected chi connectivity index (χ0v) is 15.7. The molecule has 2 saturated heterocycles. The molecule has 6 heteroatoms. The first-order valence-corrected chi connectivity index (χ1v) is 9.44. The van der Waals surface area contributed by atoms with Gasteiger partial charge in [-0.2, -0.15) is 0 Å². The molecule has 2 aliphatic heterocycles. The van der Waals surface area contributed by atoms with Gasteiger partial charge in [-0.3, -0.25) is 9.59 Å². The molecule has 6 nitrogen and oxygen atoms in total.